The van der Waals surface area contributed by atoms with Gasteiger partial charge in [-0.1, -0.05) is 6.07 Å². The Labute approximate surface area is 195 Å². The zero-order valence-electron chi connectivity index (χ0n) is 18.6. The van der Waals surface area contributed by atoms with E-state index in [0.717, 1.165) is 44.9 Å². The normalized spacial score (nSPS) is 34.7. The van der Waals surface area contributed by atoms with Gasteiger partial charge in [0.05, 0.1) is 29.1 Å². The molecule has 4 saturated carbocycles. The molecule has 9 heteroatoms. The first kappa shape index (κ1) is 22.3. The molecule has 4 aliphatic carbocycles. The molecular formula is C24H29N5O3S. The third-order valence-electron chi connectivity index (χ3n) is 8.02. The van der Waals surface area contributed by atoms with E-state index < -0.39 is 15.6 Å². The monoisotopic (exact) mass is 467 g/mol. The molecular weight excluding hydrogens is 438 g/mol. The van der Waals surface area contributed by atoms with E-state index in [1.165, 1.54) is 12.1 Å². The van der Waals surface area contributed by atoms with Gasteiger partial charge in [0.2, 0.25) is 15.9 Å². The molecule has 4 bridgehead atoms. The van der Waals surface area contributed by atoms with Crippen LogP contribution in [0.5, 0.6) is 0 Å². The number of hydrogen-bond acceptors (Lipinski definition) is 6. The van der Waals surface area contributed by atoms with Gasteiger partial charge in [-0.25, -0.2) is 13.1 Å². The maximum Gasteiger partial charge on any atom is 0.241 e. The molecule has 0 radical (unpaired) electrons. The summed E-state index contributed by atoms with van der Waals surface area (Å²) in [6, 6.07) is 10.0. The molecule has 1 aliphatic heterocycles. The van der Waals surface area contributed by atoms with Gasteiger partial charge in [-0.15, -0.1) is 0 Å². The summed E-state index contributed by atoms with van der Waals surface area (Å²) in [5, 5.41) is 22.0. The van der Waals surface area contributed by atoms with Crippen LogP contribution in [0.2, 0.25) is 0 Å². The molecule has 5 fully saturated rings. The predicted octanol–water partition coefficient (Wildman–Crippen LogP) is 2.03. The van der Waals surface area contributed by atoms with Crippen LogP contribution in [0.1, 0.15) is 56.9 Å². The lowest BCUT2D eigenvalue weighted by Crippen LogP contribution is -2.69. The minimum absolute atomic E-state index is 0.0438. The van der Waals surface area contributed by atoms with Gasteiger partial charge in [0.25, 0.3) is 0 Å². The number of nitriles is 2. The minimum atomic E-state index is -3.78. The summed E-state index contributed by atoms with van der Waals surface area (Å²) in [5.74, 6) is 0.791. The van der Waals surface area contributed by atoms with Crippen LogP contribution >= 0.6 is 0 Å². The fourth-order valence-corrected chi connectivity index (χ4v) is 8.70. The number of benzene rings is 1. The minimum Gasteiger partial charge on any atom is -0.326 e. The van der Waals surface area contributed by atoms with Crippen LogP contribution in [-0.2, 0) is 14.8 Å². The lowest BCUT2D eigenvalue weighted by atomic mass is 9.50. The van der Waals surface area contributed by atoms with Gasteiger partial charge < -0.3 is 10.2 Å². The molecule has 3 atom stereocenters. The van der Waals surface area contributed by atoms with E-state index in [-0.39, 0.29) is 28.9 Å². The highest BCUT2D eigenvalue weighted by atomic mass is 32.2. The highest BCUT2D eigenvalue weighted by molar-refractivity contribution is 7.89. The van der Waals surface area contributed by atoms with Crippen LogP contribution in [0.25, 0.3) is 0 Å². The van der Waals surface area contributed by atoms with Crippen LogP contribution in [-0.4, -0.2) is 49.4 Å². The molecule has 2 N–H and O–H groups in total. The predicted molar refractivity (Wildman–Crippen MR) is 120 cm³/mol. The van der Waals surface area contributed by atoms with Crippen LogP contribution in [0, 0.1) is 34.5 Å². The van der Waals surface area contributed by atoms with Crippen molar-refractivity contribution in [3.63, 3.8) is 0 Å². The van der Waals surface area contributed by atoms with Gasteiger partial charge in [0, 0.05) is 17.6 Å². The lowest BCUT2D eigenvalue weighted by molar-refractivity contribution is -0.131. The first-order valence-corrected chi connectivity index (χ1v) is 13.2. The van der Waals surface area contributed by atoms with Crippen LogP contribution in [0.3, 0.4) is 0 Å². The number of amides is 1. The summed E-state index contributed by atoms with van der Waals surface area (Å²) in [7, 11) is -3.78. The molecule has 5 aliphatic rings. The largest absolute Gasteiger partial charge is 0.326 e. The molecule has 3 unspecified atom stereocenters. The number of sulfonamides is 1. The van der Waals surface area contributed by atoms with E-state index in [9.17, 15) is 18.5 Å². The standard InChI is InChI=1S/C24H29N5O3S/c25-13-17-3-1-5-21(8-17)33(31,32)28-24-11-18-7-19(12-24)10-23(9-18,16-24)27-15-22(30)29-6-2-4-20(29)14-26/h1,3,5,8,18-20,27-28H,2,4,6-7,9-12,15-16H2. The average Bonchev–Trinajstić information content (AvgIpc) is 3.25. The molecule has 6 rings (SSSR count). The molecule has 1 amide bonds. The van der Waals surface area contributed by atoms with Crippen LogP contribution in [0.4, 0.5) is 0 Å². The van der Waals surface area contributed by atoms with Crippen molar-refractivity contribution in [2.45, 2.75) is 73.4 Å². The van der Waals surface area contributed by atoms with Gasteiger partial charge in [-0.3, -0.25) is 4.79 Å². The number of nitrogens with one attached hydrogen (secondary N) is 2. The summed E-state index contributed by atoms with van der Waals surface area (Å²) >= 11 is 0. The maximum atomic E-state index is 13.3. The Morgan fingerprint density at radius 3 is 2.58 bits per heavy atom. The Bertz CT molecular complexity index is 1140. The van der Waals surface area contributed by atoms with Crippen molar-refractivity contribution in [3.05, 3.63) is 29.8 Å². The first-order valence-electron chi connectivity index (χ1n) is 11.7. The summed E-state index contributed by atoms with van der Waals surface area (Å²) in [6.07, 6.45) is 6.86. The van der Waals surface area contributed by atoms with Crippen LogP contribution in [0.15, 0.2) is 29.2 Å². The lowest BCUT2D eigenvalue weighted by Gasteiger charge is -2.62. The highest BCUT2D eigenvalue weighted by Crippen LogP contribution is 2.57. The quantitative estimate of drug-likeness (QED) is 0.659. The van der Waals surface area contributed by atoms with Gasteiger partial charge in [0.15, 0.2) is 0 Å². The SMILES string of the molecule is N#Cc1cccc(S(=O)(=O)NC23CC4CC(CC(NCC(=O)N5CCCC5C#N)(C4)C2)C3)c1. The Hall–Kier alpha value is -2.46. The Morgan fingerprint density at radius 1 is 1.15 bits per heavy atom. The second kappa shape index (κ2) is 8.09. The van der Waals surface area contributed by atoms with E-state index in [2.05, 4.69) is 16.1 Å². The van der Waals surface area contributed by atoms with E-state index in [1.807, 2.05) is 6.07 Å². The molecule has 0 spiro atoms. The van der Waals surface area contributed by atoms with Gasteiger partial charge in [0.1, 0.15) is 6.04 Å². The number of hydrogen-bond donors (Lipinski definition) is 2. The van der Waals surface area contributed by atoms with E-state index in [4.69, 9.17) is 5.26 Å². The van der Waals surface area contributed by atoms with Crippen molar-refractivity contribution in [3.8, 4) is 12.1 Å². The number of likely N-dealkylation sites (tertiary alicyclic amines) is 1. The van der Waals surface area contributed by atoms with Crippen molar-refractivity contribution in [1.82, 2.24) is 14.9 Å². The fourth-order valence-electron chi connectivity index (χ4n) is 7.23. The molecule has 1 heterocycles. The number of nitrogens with zero attached hydrogens (tertiary/aromatic N) is 3. The van der Waals surface area contributed by atoms with Crippen molar-refractivity contribution < 1.29 is 13.2 Å². The molecule has 1 aromatic rings. The summed E-state index contributed by atoms with van der Waals surface area (Å²) in [5.41, 5.74) is -0.485. The van der Waals surface area contributed by atoms with E-state index in [0.29, 0.717) is 30.4 Å². The number of carbonyl (C=O) groups is 1. The Kier molecular flexibility index (Phi) is 5.48. The first-order chi connectivity index (χ1) is 15.8. The molecule has 8 nitrogen and oxygen atoms in total. The number of carbonyl (C=O) groups excluding carboxylic acids is 1. The van der Waals surface area contributed by atoms with Crippen molar-refractivity contribution in [1.29, 1.82) is 10.5 Å². The fraction of sp³-hybridized carbons (Fsp3) is 0.625. The molecule has 1 aromatic carbocycles. The average molecular weight is 468 g/mol. The van der Waals surface area contributed by atoms with Crippen LogP contribution < -0.4 is 10.0 Å². The summed E-state index contributed by atoms with van der Waals surface area (Å²) < 4.78 is 29.6. The van der Waals surface area contributed by atoms with E-state index in [1.54, 1.807) is 17.0 Å². The molecule has 1 saturated heterocycles. The number of rotatable bonds is 6. The topological polar surface area (TPSA) is 126 Å². The Balaban J connectivity index is 1.33. The molecule has 33 heavy (non-hydrogen) atoms. The van der Waals surface area contributed by atoms with E-state index >= 15 is 0 Å². The van der Waals surface area contributed by atoms with Gasteiger partial charge >= 0.3 is 0 Å². The highest BCUT2D eigenvalue weighted by Gasteiger charge is 2.58. The second-order valence-electron chi connectivity index (χ2n) is 10.5. The van der Waals surface area contributed by atoms with Gasteiger partial charge in [-0.05, 0) is 81.4 Å². The smallest absolute Gasteiger partial charge is 0.241 e. The second-order valence-corrected chi connectivity index (χ2v) is 12.2. The summed E-state index contributed by atoms with van der Waals surface area (Å²) in [6.45, 7) is 0.813. The maximum absolute atomic E-state index is 13.3. The molecule has 174 valence electrons. The Morgan fingerprint density at radius 2 is 1.88 bits per heavy atom. The molecule has 0 aromatic heterocycles. The third kappa shape index (κ3) is 4.14. The van der Waals surface area contributed by atoms with Crippen molar-refractivity contribution in [2.75, 3.05) is 13.1 Å². The van der Waals surface area contributed by atoms with Crippen molar-refractivity contribution in [2.24, 2.45) is 11.8 Å². The zero-order chi connectivity index (χ0) is 23.3. The van der Waals surface area contributed by atoms with Crippen molar-refractivity contribution >= 4 is 15.9 Å². The van der Waals surface area contributed by atoms with Gasteiger partial charge in [-0.2, -0.15) is 10.5 Å². The summed E-state index contributed by atoms with van der Waals surface area (Å²) in [4.78, 5) is 14.6. The third-order valence-corrected chi connectivity index (χ3v) is 9.60. The zero-order valence-corrected chi connectivity index (χ0v) is 19.4.